The second-order valence-electron chi connectivity index (χ2n) is 2.25. The van der Waals surface area contributed by atoms with Gasteiger partial charge in [0.25, 0.3) is 0 Å². The van der Waals surface area contributed by atoms with Crippen molar-refractivity contribution in [3.05, 3.63) is 30.4 Å². The fourth-order valence-electron chi connectivity index (χ4n) is 0.923. The summed E-state index contributed by atoms with van der Waals surface area (Å²) in [5, 5.41) is 8.58. The van der Waals surface area contributed by atoms with Crippen LogP contribution in [0.15, 0.2) is 24.7 Å². The Balaban J connectivity index is 2.68. The van der Waals surface area contributed by atoms with Crippen molar-refractivity contribution in [3.63, 3.8) is 0 Å². The van der Waals surface area contributed by atoms with E-state index in [9.17, 15) is 4.79 Å². The maximum absolute atomic E-state index is 10.5. The Morgan fingerprint density at radius 3 is 3.08 bits per heavy atom. The molecule has 5 nitrogen and oxygen atoms in total. The molecule has 0 amide bonds. The maximum Gasteiger partial charge on any atom is 0.354 e. The highest BCUT2D eigenvalue weighted by molar-refractivity contribution is 5.85. The van der Waals surface area contributed by atoms with Gasteiger partial charge in [-0.05, 0) is 6.07 Å². The quantitative estimate of drug-likeness (QED) is 0.661. The van der Waals surface area contributed by atoms with Gasteiger partial charge in [-0.1, -0.05) is 0 Å². The molecule has 0 unspecified atom stereocenters. The molecule has 0 spiro atoms. The number of imidazole rings is 1. The molecule has 0 bridgehead atoms. The normalized spacial score (nSPS) is 10.3. The van der Waals surface area contributed by atoms with Crippen LogP contribution in [0, 0.1) is 0 Å². The predicted octanol–water partition coefficient (Wildman–Crippen LogP) is 0.427. The largest absolute Gasteiger partial charge is 0.477 e. The summed E-state index contributed by atoms with van der Waals surface area (Å²) in [6.07, 6.45) is 4.88. The minimum Gasteiger partial charge on any atom is -0.477 e. The van der Waals surface area contributed by atoms with E-state index >= 15 is 0 Å². The molecule has 0 aromatic carbocycles. The SMILES string of the molecule is O=C(O)c1ccn2ccnc2n1. The molecule has 0 saturated carbocycles. The molecule has 0 aliphatic rings. The zero-order chi connectivity index (χ0) is 8.55. The first-order chi connectivity index (χ1) is 5.77. The van der Waals surface area contributed by atoms with E-state index in [0.29, 0.717) is 5.78 Å². The molecule has 1 N–H and O–H groups in total. The molecule has 12 heavy (non-hydrogen) atoms. The predicted molar refractivity (Wildman–Crippen MR) is 39.9 cm³/mol. The lowest BCUT2D eigenvalue weighted by Gasteiger charge is -1.93. The van der Waals surface area contributed by atoms with Crippen molar-refractivity contribution in [2.24, 2.45) is 0 Å². The van der Waals surface area contributed by atoms with E-state index in [-0.39, 0.29) is 5.69 Å². The number of aromatic nitrogens is 3. The van der Waals surface area contributed by atoms with Gasteiger partial charge in [0.1, 0.15) is 0 Å². The van der Waals surface area contributed by atoms with Crippen LogP contribution in [0.4, 0.5) is 0 Å². The molecule has 0 fully saturated rings. The summed E-state index contributed by atoms with van der Waals surface area (Å²) in [5.74, 6) is -0.643. The summed E-state index contributed by atoms with van der Waals surface area (Å²) in [4.78, 5) is 18.1. The van der Waals surface area contributed by atoms with Gasteiger partial charge in [-0.25, -0.2) is 14.8 Å². The van der Waals surface area contributed by atoms with Crippen molar-refractivity contribution in [3.8, 4) is 0 Å². The minimum atomic E-state index is -1.04. The molecule has 0 atom stereocenters. The van der Waals surface area contributed by atoms with Gasteiger partial charge >= 0.3 is 5.97 Å². The Morgan fingerprint density at radius 1 is 1.50 bits per heavy atom. The molecule has 2 aromatic rings. The van der Waals surface area contributed by atoms with Gasteiger partial charge in [-0.3, -0.25) is 4.40 Å². The molecule has 0 aliphatic carbocycles. The summed E-state index contributed by atoms with van der Waals surface area (Å²) in [7, 11) is 0. The number of carboxylic acid groups (broad SMARTS) is 1. The molecule has 60 valence electrons. The average molecular weight is 163 g/mol. The lowest BCUT2D eigenvalue weighted by Crippen LogP contribution is -2.01. The number of carboxylic acids is 1. The van der Waals surface area contributed by atoms with Crippen LogP contribution in [0.3, 0.4) is 0 Å². The fraction of sp³-hybridized carbons (Fsp3) is 0. The van der Waals surface area contributed by atoms with Crippen LogP contribution in [0.5, 0.6) is 0 Å². The fourth-order valence-corrected chi connectivity index (χ4v) is 0.923. The van der Waals surface area contributed by atoms with Crippen LogP contribution in [0.2, 0.25) is 0 Å². The highest BCUT2D eigenvalue weighted by Gasteiger charge is 2.04. The Hall–Kier alpha value is -1.91. The third-order valence-corrected chi connectivity index (χ3v) is 1.48. The van der Waals surface area contributed by atoms with Crippen molar-refractivity contribution in [2.75, 3.05) is 0 Å². The summed E-state index contributed by atoms with van der Waals surface area (Å²) in [5.41, 5.74) is 0.00806. The highest BCUT2D eigenvalue weighted by atomic mass is 16.4. The highest BCUT2D eigenvalue weighted by Crippen LogP contribution is 1.99. The van der Waals surface area contributed by atoms with E-state index in [2.05, 4.69) is 9.97 Å². The van der Waals surface area contributed by atoms with Crippen molar-refractivity contribution < 1.29 is 9.90 Å². The first-order valence-electron chi connectivity index (χ1n) is 3.30. The lowest BCUT2D eigenvalue weighted by atomic mass is 10.4. The second-order valence-corrected chi connectivity index (χ2v) is 2.25. The molecular weight excluding hydrogens is 158 g/mol. The number of rotatable bonds is 1. The number of carbonyl (C=O) groups is 1. The van der Waals surface area contributed by atoms with Crippen LogP contribution in [-0.2, 0) is 0 Å². The Bertz CT molecular complexity index is 435. The Labute approximate surface area is 67.3 Å². The van der Waals surface area contributed by atoms with E-state index < -0.39 is 5.97 Å². The van der Waals surface area contributed by atoms with E-state index in [4.69, 9.17) is 5.11 Å². The summed E-state index contributed by atoms with van der Waals surface area (Å²) in [6.45, 7) is 0. The first-order valence-corrected chi connectivity index (χ1v) is 3.30. The Morgan fingerprint density at radius 2 is 2.33 bits per heavy atom. The topological polar surface area (TPSA) is 67.5 Å². The zero-order valence-corrected chi connectivity index (χ0v) is 6.01. The second kappa shape index (κ2) is 2.30. The van der Waals surface area contributed by atoms with E-state index in [1.165, 1.54) is 6.07 Å². The monoisotopic (exact) mass is 163 g/mol. The molecule has 2 heterocycles. The van der Waals surface area contributed by atoms with Gasteiger partial charge < -0.3 is 5.11 Å². The molecule has 5 heteroatoms. The number of hydrogen-bond donors (Lipinski definition) is 1. The lowest BCUT2D eigenvalue weighted by molar-refractivity contribution is 0.0690. The van der Waals surface area contributed by atoms with Crippen LogP contribution in [0.1, 0.15) is 10.5 Å². The number of hydrogen-bond acceptors (Lipinski definition) is 3. The average Bonchev–Trinajstić information content (AvgIpc) is 2.49. The van der Waals surface area contributed by atoms with Crippen molar-refractivity contribution in [2.45, 2.75) is 0 Å². The van der Waals surface area contributed by atoms with Crippen LogP contribution in [0.25, 0.3) is 5.78 Å². The number of aromatic carboxylic acids is 1. The summed E-state index contributed by atoms with van der Waals surface area (Å²) < 4.78 is 1.65. The van der Waals surface area contributed by atoms with Gasteiger partial charge in [0.2, 0.25) is 5.78 Å². The van der Waals surface area contributed by atoms with Crippen molar-refractivity contribution >= 4 is 11.7 Å². The van der Waals surface area contributed by atoms with E-state index in [1.54, 1.807) is 23.0 Å². The summed E-state index contributed by atoms with van der Waals surface area (Å²) >= 11 is 0. The molecule has 2 aromatic heterocycles. The van der Waals surface area contributed by atoms with Crippen LogP contribution in [-0.4, -0.2) is 25.4 Å². The molecular formula is C7H5N3O2. The Kier molecular flexibility index (Phi) is 1.30. The molecule has 0 saturated heterocycles. The van der Waals surface area contributed by atoms with Gasteiger partial charge in [0, 0.05) is 18.6 Å². The third-order valence-electron chi connectivity index (χ3n) is 1.48. The number of nitrogens with zero attached hydrogens (tertiary/aromatic N) is 3. The molecule has 0 aliphatic heterocycles. The minimum absolute atomic E-state index is 0.00806. The van der Waals surface area contributed by atoms with Gasteiger partial charge in [-0.2, -0.15) is 0 Å². The molecule has 2 rings (SSSR count). The van der Waals surface area contributed by atoms with Crippen LogP contribution >= 0.6 is 0 Å². The van der Waals surface area contributed by atoms with E-state index in [1.807, 2.05) is 0 Å². The smallest absolute Gasteiger partial charge is 0.354 e. The van der Waals surface area contributed by atoms with Gasteiger partial charge in [0.15, 0.2) is 5.69 Å². The van der Waals surface area contributed by atoms with Crippen molar-refractivity contribution in [1.82, 2.24) is 14.4 Å². The first kappa shape index (κ1) is 6.78. The van der Waals surface area contributed by atoms with E-state index in [0.717, 1.165) is 0 Å². The third kappa shape index (κ3) is 0.914. The standard InChI is InChI=1S/C7H5N3O2/c11-6(12)5-1-3-10-4-2-8-7(10)9-5/h1-4H,(H,11,12). The van der Waals surface area contributed by atoms with Crippen LogP contribution < -0.4 is 0 Å². The maximum atomic E-state index is 10.5. The molecule has 0 radical (unpaired) electrons. The van der Waals surface area contributed by atoms with Crippen molar-refractivity contribution in [1.29, 1.82) is 0 Å². The zero-order valence-electron chi connectivity index (χ0n) is 6.01. The summed E-state index contributed by atoms with van der Waals surface area (Å²) in [6, 6.07) is 1.43. The van der Waals surface area contributed by atoms with Gasteiger partial charge in [0.05, 0.1) is 0 Å². The van der Waals surface area contributed by atoms with Gasteiger partial charge in [-0.15, -0.1) is 0 Å². The number of fused-ring (bicyclic) bond motifs is 1.